The van der Waals surface area contributed by atoms with Gasteiger partial charge in [-0.3, -0.25) is 0 Å². The Morgan fingerprint density at radius 3 is 2.33 bits per heavy atom. The lowest BCUT2D eigenvalue weighted by atomic mass is 9.97. The van der Waals surface area contributed by atoms with Crippen LogP contribution in [0.5, 0.6) is 11.5 Å². The van der Waals surface area contributed by atoms with Crippen molar-refractivity contribution in [2.45, 2.75) is 32.6 Å². The van der Waals surface area contributed by atoms with Gasteiger partial charge in [0.1, 0.15) is 0 Å². The molecule has 0 aliphatic heterocycles. The third-order valence-corrected chi connectivity index (χ3v) is 3.61. The zero-order valence-corrected chi connectivity index (χ0v) is 13.1. The van der Waals surface area contributed by atoms with Gasteiger partial charge in [0, 0.05) is 4.47 Å². The summed E-state index contributed by atoms with van der Waals surface area (Å²) in [7, 11) is 3.31. The standard InChI is InChI=1S/C15H21BrO2/c1-5-6-7-8-11(2)12-9-14(17-3)15(18-4)10-13(12)16/h6-7,9-11H,5,8H2,1-4H3/b7-6-. The van der Waals surface area contributed by atoms with Crippen molar-refractivity contribution in [2.24, 2.45) is 0 Å². The van der Waals surface area contributed by atoms with Crippen molar-refractivity contribution < 1.29 is 9.47 Å². The maximum absolute atomic E-state index is 5.34. The summed E-state index contributed by atoms with van der Waals surface area (Å²) in [4.78, 5) is 0. The highest BCUT2D eigenvalue weighted by molar-refractivity contribution is 9.10. The van der Waals surface area contributed by atoms with Crippen LogP contribution in [0.3, 0.4) is 0 Å². The number of hydrogen-bond acceptors (Lipinski definition) is 2. The van der Waals surface area contributed by atoms with Gasteiger partial charge < -0.3 is 9.47 Å². The second kappa shape index (κ2) is 7.47. The van der Waals surface area contributed by atoms with E-state index in [9.17, 15) is 0 Å². The molecule has 1 unspecified atom stereocenters. The van der Waals surface area contributed by atoms with Crippen molar-refractivity contribution in [3.63, 3.8) is 0 Å². The van der Waals surface area contributed by atoms with Gasteiger partial charge in [0.05, 0.1) is 14.2 Å². The van der Waals surface area contributed by atoms with Gasteiger partial charge in [-0.2, -0.15) is 0 Å². The molecule has 0 aliphatic carbocycles. The lowest BCUT2D eigenvalue weighted by Gasteiger charge is -2.16. The van der Waals surface area contributed by atoms with E-state index < -0.39 is 0 Å². The number of hydrogen-bond donors (Lipinski definition) is 0. The molecule has 0 fully saturated rings. The second-order valence-electron chi connectivity index (χ2n) is 4.25. The Morgan fingerprint density at radius 2 is 1.78 bits per heavy atom. The third-order valence-electron chi connectivity index (χ3n) is 2.93. The van der Waals surface area contributed by atoms with Crippen molar-refractivity contribution in [1.29, 1.82) is 0 Å². The first-order valence-electron chi connectivity index (χ1n) is 6.20. The fourth-order valence-corrected chi connectivity index (χ4v) is 2.55. The van der Waals surface area contributed by atoms with E-state index in [0.29, 0.717) is 5.92 Å². The molecule has 1 aromatic carbocycles. The average Bonchev–Trinajstić information content (AvgIpc) is 2.38. The molecule has 0 saturated heterocycles. The van der Waals surface area contributed by atoms with Crippen molar-refractivity contribution in [1.82, 2.24) is 0 Å². The van der Waals surface area contributed by atoms with Crippen molar-refractivity contribution in [3.05, 3.63) is 34.3 Å². The van der Waals surface area contributed by atoms with E-state index in [1.807, 2.05) is 12.1 Å². The van der Waals surface area contributed by atoms with E-state index in [1.165, 1.54) is 5.56 Å². The van der Waals surface area contributed by atoms with Gasteiger partial charge in [0.15, 0.2) is 11.5 Å². The minimum absolute atomic E-state index is 0.446. The van der Waals surface area contributed by atoms with E-state index in [2.05, 4.69) is 41.9 Å². The van der Waals surface area contributed by atoms with Crippen molar-refractivity contribution >= 4 is 15.9 Å². The Bertz CT molecular complexity index is 413. The molecule has 0 saturated carbocycles. The van der Waals surface area contributed by atoms with Gasteiger partial charge >= 0.3 is 0 Å². The van der Waals surface area contributed by atoms with Gasteiger partial charge in [-0.25, -0.2) is 0 Å². The molecule has 0 radical (unpaired) electrons. The maximum atomic E-state index is 5.34. The number of methoxy groups -OCH3 is 2. The molecular weight excluding hydrogens is 292 g/mol. The fourth-order valence-electron chi connectivity index (χ4n) is 1.84. The number of halogens is 1. The largest absolute Gasteiger partial charge is 0.493 e. The highest BCUT2D eigenvalue weighted by Crippen LogP contribution is 2.37. The number of allylic oxidation sites excluding steroid dienone is 2. The molecule has 0 bridgehead atoms. The molecule has 1 rings (SSSR count). The fraction of sp³-hybridized carbons (Fsp3) is 0.467. The van der Waals surface area contributed by atoms with E-state index in [4.69, 9.17) is 9.47 Å². The predicted octanol–water partition coefficient (Wildman–Crippen LogP) is 4.93. The van der Waals surface area contributed by atoms with Crippen LogP contribution in [0.15, 0.2) is 28.8 Å². The maximum Gasteiger partial charge on any atom is 0.161 e. The topological polar surface area (TPSA) is 18.5 Å². The first-order valence-corrected chi connectivity index (χ1v) is 6.99. The monoisotopic (exact) mass is 312 g/mol. The summed E-state index contributed by atoms with van der Waals surface area (Å²) in [6.07, 6.45) is 6.54. The molecule has 0 amide bonds. The van der Waals surface area contributed by atoms with Gasteiger partial charge in [-0.15, -0.1) is 0 Å². The van der Waals surface area contributed by atoms with E-state index in [-0.39, 0.29) is 0 Å². The highest BCUT2D eigenvalue weighted by atomic mass is 79.9. The van der Waals surface area contributed by atoms with Crippen LogP contribution in [0.4, 0.5) is 0 Å². The van der Waals surface area contributed by atoms with Crippen LogP contribution in [0.2, 0.25) is 0 Å². The highest BCUT2D eigenvalue weighted by Gasteiger charge is 2.13. The third kappa shape index (κ3) is 3.77. The minimum Gasteiger partial charge on any atom is -0.493 e. The summed E-state index contributed by atoms with van der Waals surface area (Å²) in [6.45, 7) is 4.36. The van der Waals surface area contributed by atoms with Crippen molar-refractivity contribution in [2.75, 3.05) is 14.2 Å². The molecule has 18 heavy (non-hydrogen) atoms. The van der Waals surface area contributed by atoms with Crippen LogP contribution >= 0.6 is 15.9 Å². The Balaban J connectivity index is 2.97. The van der Waals surface area contributed by atoms with Crippen LogP contribution in [-0.4, -0.2) is 14.2 Å². The molecule has 0 N–H and O–H groups in total. The molecule has 3 heteroatoms. The summed E-state index contributed by atoms with van der Waals surface area (Å²) in [5, 5.41) is 0. The van der Waals surface area contributed by atoms with Crippen LogP contribution in [-0.2, 0) is 0 Å². The van der Waals surface area contributed by atoms with Gasteiger partial charge in [-0.05, 0) is 36.5 Å². The Labute approximate surface area is 118 Å². The van der Waals surface area contributed by atoms with Crippen LogP contribution in [0, 0.1) is 0 Å². The summed E-state index contributed by atoms with van der Waals surface area (Å²) < 4.78 is 11.7. The molecule has 0 spiro atoms. The first kappa shape index (κ1) is 15.1. The van der Waals surface area contributed by atoms with Crippen LogP contribution in [0.1, 0.15) is 38.2 Å². The lowest BCUT2D eigenvalue weighted by molar-refractivity contribution is 0.354. The van der Waals surface area contributed by atoms with Gasteiger partial charge in [0.25, 0.3) is 0 Å². The zero-order chi connectivity index (χ0) is 13.5. The predicted molar refractivity (Wildman–Crippen MR) is 79.7 cm³/mol. The van der Waals surface area contributed by atoms with E-state index >= 15 is 0 Å². The number of ether oxygens (including phenoxy) is 2. The van der Waals surface area contributed by atoms with E-state index in [0.717, 1.165) is 28.8 Å². The van der Waals surface area contributed by atoms with Gasteiger partial charge in [0.2, 0.25) is 0 Å². The average molecular weight is 313 g/mol. The number of benzene rings is 1. The SMILES string of the molecule is CC/C=C\CC(C)c1cc(OC)c(OC)cc1Br. The quantitative estimate of drug-likeness (QED) is 0.694. The zero-order valence-electron chi connectivity index (χ0n) is 11.5. The van der Waals surface area contributed by atoms with Crippen LogP contribution in [0.25, 0.3) is 0 Å². The first-order chi connectivity index (χ1) is 8.63. The minimum atomic E-state index is 0.446. The summed E-state index contributed by atoms with van der Waals surface area (Å²) >= 11 is 3.60. The van der Waals surface area contributed by atoms with E-state index in [1.54, 1.807) is 14.2 Å². The molecule has 0 aromatic heterocycles. The molecule has 1 aromatic rings. The Hall–Kier alpha value is -0.960. The summed E-state index contributed by atoms with van der Waals surface area (Å²) in [6, 6.07) is 4.02. The lowest BCUT2D eigenvalue weighted by Crippen LogP contribution is -1.97. The summed E-state index contributed by atoms with van der Waals surface area (Å²) in [5.41, 5.74) is 1.24. The molecule has 0 heterocycles. The molecule has 0 aliphatic rings. The molecule has 2 nitrogen and oxygen atoms in total. The van der Waals surface area contributed by atoms with Crippen LogP contribution < -0.4 is 9.47 Å². The van der Waals surface area contributed by atoms with Gasteiger partial charge in [-0.1, -0.05) is 41.9 Å². The smallest absolute Gasteiger partial charge is 0.161 e. The molecule has 100 valence electrons. The Morgan fingerprint density at radius 1 is 1.17 bits per heavy atom. The normalized spacial score (nSPS) is 12.7. The molecular formula is C15H21BrO2. The summed E-state index contributed by atoms with van der Waals surface area (Å²) in [5.74, 6) is 1.98. The van der Waals surface area contributed by atoms with Crippen molar-refractivity contribution in [3.8, 4) is 11.5 Å². The second-order valence-corrected chi connectivity index (χ2v) is 5.10. The number of rotatable bonds is 6. The molecule has 1 atom stereocenters. The Kier molecular flexibility index (Phi) is 6.27.